The van der Waals surface area contributed by atoms with Crippen LogP contribution in [-0.2, 0) is 5.41 Å². The third kappa shape index (κ3) is 4.04. The van der Waals surface area contributed by atoms with Gasteiger partial charge in [0.1, 0.15) is 0 Å². The van der Waals surface area contributed by atoms with Gasteiger partial charge in [-0.2, -0.15) is 0 Å². The summed E-state index contributed by atoms with van der Waals surface area (Å²) in [7, 11) is 1.97. The van der Waals surface area contributed by atoms with Crippen molar-refractivity contribution in [2.75, 3.05) is 13.6 Å². The molecule has 1 aliphatic heterocycles. The Morgan fingerprint density at radius 2 is 1.88 bits per heavy atom. The summed E-state index contributed by atoms with van der Waals surface area (Å²) < 4.78 is 22.0. The number of ether oxygens (including phenoxy) is 1. The number of aromatic nitrogens is 1. The van der Waals surface area contributed by atoms with Gasteiger partial charge < -0.3 is 10.1 Å². The number of hydrogen-bond acceptors (Lipinski definition) is 3. The van der Waals surface area contributed by atoms with E-state index < -0.39 is 0 Å². The van der Waals surface area contributed by atoms with E-state index in [1.165, 1.54) is 11.6 Å². The van der Waals surface area contributed by atoms with Gasteiger partial charge >= 0.3 is 0 Å². The van der Waals surface area contributed by atoms with E-state index in [9.17, 15) is 4.39 Å². The van der Waals surface area contributed by atoms with Crippen LogP contribution in [0, 0.1) is 5.82 Å². The minimum atomic E-state index is -0.377. The van der Waals surface area contributed by atoms with Crippen LogP contribution in [0.2, 0.25) is 0 Å². The molecule has 2 heterocycles. The molecule has 5 rings (SSSR count). The van der Waals surface area contributed by atoms with E-state index in [1.54, 1.807) is 0 Å². The van der Waals surface area contributed by atoms with Crippen LogP contribution in [0.3, 0.4) is 0 Å². The molecule has 0 saturated carbocycles. The topological polar surface area (TPSA) is 34.1 Å². The number of halogens is 2. The molecule has 0 saturated heterocycles. The fraction of sp³-hybridized carbons (Fsp3) is 0.250. The number of fused-ring (bicyclic) bond motifs is 4. The average molecular weight is 505 g/mol. The summed E-state index contributed by atoms with van der Waals surface area (Å²) in [6.07, 6.45) is 1.92. The van der Waals surface area contributed by atoms with Gasteiger partial charge in [0.05, 0.1) is 5.52 Å². The Labute approximate surface area is 202 Å². The van der Waals surface area contributed by atoms with Crippen LogP contribution in [0.25, 0.3) is 10.9 Å². The van der Waals surface area contributed by atoms with E-state index in [1.807, 2.05) is 37.4 Å². The molecule has 3 aromatic carbocycles. The van der Waals surface area contributed by atoms with Gasteiger partial charge in [0.15, 0.2) is 11.6 Å². The van der Waals surface area contributed by atoms with Crippen molar-refractivity contribution in [1.82, 2.24) is 10.3 Å². The molecule has 2 unspecified atom stereocenters. The van der Waals surface area contributed by atoms with Crippen LogP contribution in [0.5, 0.6) is 11.6 Å². The molecule has 1 N–H and O–H groups in total. The Bertz CT molecular complexity index is 1310. The maximum atomic E-state index is 14.8. The predicted octanol–water partition coefficient (Wildman–Crippen LogP) is 7.33. The zero-order valence-corrected chi connectivity index (χ0v) is 20.3. The molecule has 3 nitrogen and oxygen atoms in total. The van der Waals surface area contributed by atoms with Gasteiger partial charge in [-0.25, -0.2) is 9.37 Å². The smallest absolute Gasteiger partial charge is 0.223 e. The lowest BCUT2D eigenvalue weighted by atomic mass is 9.63. The van der Waals surface area contributed by atoms with Crippen LogP contribution in [0.15, 0.2) is 77.3 Å². The Morgan fingerprint density at radius 3 is 2.67 bits per heavy atom. The first-order valence-electron chi connectivity index (χ1n) is 11.3. The molecule has 0 radical (unpaired) electrons. The van der Waals surface area contributed by atoms with Crippen molar-refractivity contribution in [1.29, 1.82) is 0 Å². The fourth-order valence-corrected chi connectivity index (χ4v) is 5.48. The minimum Gasteiger partial charge on any atom is -0.436 e. The SMILES string of the molecule is CNCCCC1(C)c2ccc(F)c(c2)Oc2nc3ccc(Br)cc3cc2C1c1ccccc1. The summed E-state index contributed by atoms with van der Waals surface area (Å²) in [6, 6.07) is 24.0. The Hall–Kier alpha value is -2.76. The predicted molar refractivity (Wildman–Crippen MR) is 135 cm³/mol. The Morgan fingerprint density at radius 1 is 1.06 bits per heavy atom. The highest BCUT2D eigenvalue weighted by molar-refractivity contribution is 9.10. The maximum Gasteiger partial charge on any atom is 0.223 e. The average Bonchev–Trinajstić information content (AvgIpc) is 2.81. The fourth-order valence-electron chi connectivity index (χ4n) is 5.10. The highest BCUT2D eigenvalue weighted by Gasteiger charge is 2.41. The molecule has 1 aliphatic rings. The van der Waals surface area contributed by atoms with Gasteiger partial charge in [-0.3, -0.25) is 0 Å². The Kier molecular flexibility index (Phi) is 5.94. The number of nitrogens with one attached hydrogen (secondary N) is 1. The number of nitrogens with zero attached hydrogens (tertiary/aromatic N) is 1. The number of benzene rings is 3. The summed E-state index contributed by atoms with van der Waals surface area (Å²) >= 11 is 3.59. The van der Waals surface area contributed by atoms with E-state index in [-0.39, 0.29) is 22.9 Å². The highest BCUT2D eigenvalue weighted by atomic mass is 79.9. The third-order valence-electron chi connectivity index (χ3n) is 6.77. The quantitative estimate of drug-likeness (QED) is 0.289. The Balaban J connectivity index is 1.82. The highest BCUT2D eigenvalue weighted by Crippen LogP contribution is 2.52. The second kappa shape index (κ2) is 8.88. The zero-order chi connectivity index (χ0) is 23.0. The minimum absolute atomic E-state index is 0.0138. The molecule has 0 spiro atoms. The van der Waals surface area contributed by atoms with Gasteiger partial charge in [0.25, 0.3) is 0 Å². The summed E-state index contributed by atoms with van der Waals surface area (Å²) in [5, 5.41) is 4.29. The molecule has 33 heavy (non-hydrogen) atoms. The molecule has 168 valence electrons. The van der Waals surface area contributed by atoms with Crippen LogP contribution in [0.4, 0.5) is 4.39 Å². The van der Waals surface area contributed by atoms with Crippen molar-refractivity contribution in [3.63, 3.8) is 0 Å². The normalized spacial score (nSPS) is 19.5. The molecule has 0 aliphatic carbocycles. The molecule has 2 bridgehead atoms. The molecule has 2 atom stereocenters. The van der Waals surface area contributed by atoms with Gasteiger partial charge in [0, 0.05) is 26.8 Å². The van der Waals surface area contributed by atoms with Gasteiger partial charge in [-0.05, 0) is 74.0 Å². The lowest BCUT2D eigenvalue weighted by Crippen LogP contribution is -2.33. The van der Waals surface area contributed by atoms with Crippen molar-refractivity contribution >= 4 is 26.8 Å². The summed E-state index contributed by atoms with van der Waals surface area (Å²) in [6.45, 7) is 3.20. The monoisotopic (exact) mass is 504 g/mol. The second-order valence-corrected chi connectivity index (χ2v) is 9.85. The second-order valence-electron chi connectivity index (χ2n) is 8.94. The summed E-state index contributed by atoms with van der Waals surface area (Å²) in [5.41, 5.74) is 3.77. The van der Waals surface area contributed by atoms with Gasteiger partial charge in [-0.1, -0.05) is 59.3 Å². The van der Waals surface area contributed by atoms with Gasteiger partial charge in [0.2, 0.25) is 5.88 Å². The van der Waals surface area contributed by atoms with E-state index in [0.717, 1.165) is 45.9 Å². The first-order valence-corrected chi connectivity index (χ1v) is 12.1. The van der Waals surface area contributed by atoms with Crippen LogP contribution in [0.1, 0.15) is 42.4 Å². The van der Waals surface area contributed by atoms with Gasteiger partial charge in [-0.15, -0.1) is 0 Å². The summed E-state index contributed by atoms with van der Waals surface area (Å²) in [5.74, 6) is 0.302. The molecule has 4 aromatic rings. The van der Waals surface area contributed by atoms with E-state index in [4.69, 9.17) is 9.72 Å². The standard InChI is InChI=1S/C28H26BrFN2O/c1-28(13-6-14-31-2)20-9-11-23(30)25(17-20)33-27-22(26(28)18-7-4-3-5-8-18)16-19-15-21(29)10-12-24(19)32-27/h3-5,7-12,15-17,26,31H,6,13-14H2,1-2H3. The van der Waals surface area contributed by atoms with Crippen molar-refractivity contribution in [2.24, 2.45) is 0 Å². The third-order valence-corrected chi connectivity index (χ3v) is 7.26. The van der Waals surface area contributed by atoms with Crippen LogP contribution < -0.4 is 10.1 Å². The van der Waals surface area contributed by atoms with E-state index in [2.05, 4.69) is 64.6 Å². The van der Waals surface area contributed by atoms with E-state index >= 15 is 0 Å². The number of rotatable bonds is 5. The van der Waals surface area contributed by atoms with Crippen molar-refractivity contribution in [2.45, 2.75) is 31.1 Å². The largest absolute Gasteiger partial charge is 0.436 e. The summed E-state index contributed by atoms with van der Waals surface area (Å²) in [4.78, 5) is 4.87. The van der Waals surface area contributed by atoms with Crippen molar-refractivity contribution in [3.05, 3.63) is 99.8 Å². The number of hydrogen-bond donors (Lipinski definition) is 1. The molecule has 0 fully saturated rings. The van der Waals surface area contributed by atoms with Crippen LogP contribution >= 0.6 is 15.9 Å². The molecule has 1 aromatic heterocycles. The van der Waals surface area contributed by atoms with E-state index in [0.29, 0.717) is 5.88 Å². The van der Waals surface area contributed by atoms with Crippen molar-refractivity contribution < 1.29 is 9.13 Å². The van der Waals surface area contributed by atoms with Crippen LogP contribution in [-0.4, -0.2) is 18.6 Å². The van der Waals surface area contributed by atoms with Crippen molar-refractivity contribution in [3.8, 4) is 11.6 Å². The molecular weight excluding hydrogens is 479 g/mol. The lowest BCUT2D eigenvalue weighted by Gasteiger charge is -2.41. The zero-order valence-electron chi connectivity index (χ0n) is 18.7. The first-order chi connectivity index (χ1) is 16.0. The number of pyridine rings is 1. The maximum absolute atomic E-state index is 14.8. The molecular formula is C28H26BrFN2O. The first kappa shape index (κ1) is 22.1. The molecule has 0 amide bonds. The molecule has 5 heteroatoms. The lowest BCUT2D eigenvalue weighted by molar-refractivity contribution is 0.342.